The average Bonchev–Trinajstić information content (AvgIpc) is 3.08. The molecule has 1 aromatic heterocycles. The van der Waals surface area contributed by atoms with E-state index in [1.807, 2.05) is 29.2 Å². The minimum absolute atomic E-state index is 0.227. The second-order valence-electron chi connectivity index (χ2n) is 4.65. The van der Waals surface area contributed by atoms with E-state index in [1.165, 1.54) is 5.56 Å². The molecule has 2 aromatic rings. The van der Waals surface area contributed by atoms with Crippen molar-refractivity contribution in [2.75, 3.05) is 16.8 Å². The molecule has 1 aliphatic heterocycles. The maximum absolute atomic E-state index is 11.9. The Kier molecular flexibility index (Phi) is 3.51. The number of carbonyl (C=O) groups is 1. The number of para-hydroxylation sites is 2. The van der Waals surface area contributed by atoms with Crippen molar-refractivity contribution < 1.29 is 4.79 Å². The summed E-state index contributed by atoms with van der Waals surface area (Å²) in [5.74, 6) is 0.227. The van der Waals surface area contributed by atoms with Gasteiger partial charge in [0.25, 0.3) is 0 Å². The summed E-state index contributed by atoms with van der Waals surface area (Å²) in [5, 5.41) is 7.64. The first-order chi connectivity index (χ1) is 9.34. The lowest BCUT2D eigenvalue weighted by Gasteiger charge is -2.20. The van der Waals surface area contributed by atoms with Crippen LogP contribution in [0.1, 0.15) is 18.4 Å². The Bertz CT molecular complexity index is 565. The van der Waals surface area contributed by atoms with E-state index >= 15 is 0 Å². The van der Waals surface area contributed by atoms with Crippen molar-refractivity contribution >= 4 is 28.6 Å². The van der Waals surface area contributed by atoms with Gasteiger partial charge >= 0.3 is 0 Å². The van der Waals surface area contributed by atoms with Gasteiger partial charge < -0.3 is 10.2 Å². The molecule has 0 spiro atoms. The monoisotopic (exact) mass is 272 g/mol. The zero-order valence-corrected chi connectivity index (χ0v) is 11.5. The van der Waals surface area contributed by atoms with Crippen LogP contribution in [0, 0.1) is 0 Å². The molecule has 0 saturated carbocycles. The van der Waals surface area contributed by atoms with Crippen LogP contribution in [0.4, 0.5) is 11.4 Å². The first-order valence-electron chi connectivity index (χ1n) is 6.49. The SMILES string of the molecule is O=C1CCCN1c1ccccc1NCc1ccsc1. The highest BCUT2D eigenvalue weighted by atomic mass is 32.1. The van der Waals surface area contributed by atoms with Crippen LogP contribution in [-0.2, 0) is 11.3 Å². The molecule has 4 heteroatoms. The molecule has 3 nitrogen and oxygen atoms in total. The maximum atomic E-state index is 11.9. The summed E-state index contributed by atoms with van der Waals surface area (Å²) >= 11 is 1.70. The molecule has 1 amide bonds. The molecular weight excluding hydrogens is 256 g/mol. The Balaban J connectivity index is 1.79. The quantitative estimate of drug-likeness (QED) is 0.924. The summed E-state index contributed by atoms with van der Waals surface area (Å²) in [5.41, 5.74) is 3.30. The molecule has 2 heterocycles. The Morgan fingerprint density at radius 3 is 2.89 bits per heavy atom. The molecule has 1 saturated heterocycles. The predicted molar refractivity (Wildman–Crippen MR) is 79.7 cm³/mol. The smallest absolute Gasteiger partial charge is 0.227 e. The van der Waals surface area contributed by atoms with Gasteiger partial charge in [-0.3, -0.25) is 4.79 Å². The lowest BCUT2D eigenvalue weighted by Crippen LogP contribution is -2.24. The maximum Gasteiger partial charge on any atom is 0.227 e. The van der Waals surface area contributed by atoms with Crippen molar-refractivity contribution in [3.05, 3.63) is 46.7 Å². The molecule has 1 aliphatic rings. The first kappa shape index (κ1) is 12.2. The molecule has 3 rings (SSSR count). The third kappa shape index (κ3) is 2.63. The molecule has 0 unspecified atom stereocenters. The van der Waals surface area contributed by atoms with Gasteiger partial charge in [0, 0.05) is 19.5 Å². The van der Waals surface area contributed by atoms with Crippen molar-refractivity contribution in [3.63, 3.8) is 0 Å². The largest absolute Gasteiger partial charge is 0.379 e. The summed E-state index contributed by atoms with van der Waals surface area (Å²) in [6, 6.07) is 10.1. The summed E-state index contributed by atoms with van der Waals surface area (Å²) in [6.45, 7) is 1.62. The highest BCUT2D eigenvalue weighted by molar-refractivity contribution is 7.07. The lowest BCUT2D eigenvalue weighted by atomic mass is 10.2. The van der Waals surface area contributed by atoms with Crippen LogP contribution < -0.4 is 10.2 Å². The van der Waals surface area contributed by atoms with E-state index in [0.29, 0.717) is 6.42 Å². The molecule has 1 fully saturated rings. The van der Waals surface area contributed by atoms with E-state index in [9.17, 15) is 4.79 Å². The Morgan fingerprint density at radius 2 is 2.16 bits per heavy atom. The van der Waals surface area contributed by atoms with Gasteiger partial charge in [-0.2, -0.15) is 11.3 Å². The summed E-state index contributed by atoms with van der Waals surface area (Å²) < 4.78 is 0. The number of benzene rings is 1. The molecule has 1 N–H and O–H groups in total. The third-order valence-corrected chi connectivity index (χ3v) is 4.06. The van der Waals surface area contributed by atoms with Crippen molar-refractivity contribution in [2.24, 2.45) is 0 Å². The molecule has 0 bridgehead atoms. The van der Waals surface area contributed by atoms with Crippen LogP contribution in [0.15, 0.2) is 41.1 Å². The fourth-order valence-corrected chi connectivity index (χ4v) is 3.02. The van der Waals surface area contributed by atoms with Gasteiger partial charge in [0.1, 0.15) is 0 Å². The number of hydrogen-bond donors (Lipinski definition) is 1. The minimum Gasteiger partial charge on any atom is -0.379 e. The number of anilines is 2. The second-order valence-corrected chi connectivity index (χ2v) is 5.43. The first-order valence-corrected chi connectivity index (χ1v) is 7.43. The number of thiophene rings is 1. The number of nitrogens with zero attached hydrogens (tertiary/aromatic N) is 1. The van der Waals surface area contributed by atoms with Gasteiger partial charge in [0.05, 0.1) is 11.4 Å². The number of rotatable bonds is 4. The molecule has 98 valence electrons. The Hall–Kier alpha value is -1.81. The number of carbonyl (C=O) groups excluding carboxylic acids is 1. The number of nitrogens with one attached hydrogen (secondary N) is 1. The lowest BCUT2D eigenvalue weighted by molar-refractivity contribution is -0.117. The van der Waals surface area contributed by atoms with Crippen molar-refractivity contribution in [1.29, 1.82) is 0 Å². The fourth-order valence-electron chi connectivity index (χ4n) is 2.35. The van der Waals surface area contributed by atoms with Crippen LogP contribution in [-0.4, -0.2) is 12.5 Å². The van der Waals surface area contributed by atoms with Crippen LogP contribution in [0.25, 0.3) is 0 Å². The van der Waals surface area contributed by atoms with Crippen LogP contribution in [0.2, 0.25) is 0 Å². The van der Waals surface area contributed by atoms with Crippen LogP contribution in [0.5, 0.6) is 0 Å². The van der Waals surface area contributed by atoms with E-state index < -0.39 is 0 Å². The number of amides is 1. The van der Waals surface area contributed by atoms with Crippen molar-refractivity contribution in [3.8, 4) is 0 Å². The molecule has 0 radical (unpaired) electrons. The third-order valence-electron chi connectivity index (χ3n) is 3.33. The summed E-state index contributed by atoms with van der Waals surface area (Å²) in [4.78, 5) is 13.7. The molecule has 0 aliphatic carbocycles. The normalized spacial score (nSPS) is 14.9. The standard InChI is InChI=1S/C15H16N2OS/c18-15-6-3-8-17(15)14-5-2-1-4-13(14)16-10-12-7-9-19-11-12/h1-2,4-5,7,9,11,16H,3,6,8,10H2. The van der Waals surface area contributed by atoms with E-state index in [0.717, 1.165) is 30.9 Å². The second kappa shape index (κ2) is 5.45. The Labute approximate surface area is 116 Å². The molecule has 0 atom stereocenters. The van der Waals surface area contributed by atoms with Crippen LogP contribution in [0.3, 0.4) is 0 Å². The van der Waals surface area contributed by atoms with Gasteiger partial charge in [-0.15, -0.1) is 0 Å². The van der Waals surface area contributed by atoms with E-state index in [1.54, 1.807) is 11.3 Å². The topological polar surface area (TPSA) is 32.3 Å². The van der Waals surface area contributed by atoms with E-state index in [4.69, 9.17) is 0 Å². The van der Waals surface area contributed by atoms with Crippen molar-refractivity contribution in [2.45, 2.75) is 19.4 Å². The predicted octanol–water partition coefficient (Wildman–Crippen LogP) is 3.49. The Morgan fingerprint density at radius 1 is 1.26 bits per heavy atom. The summed E-state index contributed by atoms with van der Waals surface area (Å²) in [7, 11) is 0. The van der Waals surface area contributed by atoms with E-state index in [-0.39, 0.29) is 5.91 Å². The van der Waals surface area contributed by atoms with Crippen molar-refractivity contribution in [1.82, 2.24) is 0 Å². The highest BCUT2D eigenvalue weighted by Gasteiger charge is 2.23. The van der Waals surface area contributed by atoms with Crippen LogP contribution >= 0.6 is 11.3 Å². The number of hydrogen-bond acceptors (Lipinski definition) is 3. The van der Waals surface area contributed by atoms with Gasteiger partial charge in [0.15, 0.2) is 0 Å². The zero-order chi connectivity index (χ0) is 13.1. The van der Waals surface area contributed by atoms with E-state index in [2.05, 4.69) is 22.1 Å². The van der Waals surface area contributed by atoms with Gasteiger partial charge in [-0.05, 0) is 40.9 Å². The fraction of sp³-hybridized carbons (Fsp3) is 0.267. The highest BCUT2D eigenvalue weighted by Crippen LogP contribution is 2.29. The minimum atomic E-state index is 0.227. The van der Waals surface area contributed by atoms with Gasteiger partial charge in [-0.1, -0.05) is 12.1 Å². The molecule has 19 heavy (non-hydrogen) atoms. The molecule has 1 aromatic carbocycles. The zero-order valence-electron chi connectivity index (χ0n) is 10.6. The average molecular weight is 272 g/mol. The molecular formula is C15H16N2OS. The summed E-state index contributed by atoms with van der Waals surface area (Å²) in [6.07, 6.45) is 1.62. The van der Waals surface area contributed by atoms with Gasteiger partial charge in [-0.25, -0.2) is 0 Å². The van der Waals surface area contributed by atoms with Gasteiger partial charge in [0.2, 0.25) is 5.91 Å².